The van der Waals surface area contributed by atoms with Crippen LogP contribution in [0.1, 0.15) is 37.3 Å². The average Bonchev–Trinajstić information content (AvgIpc) is 2.62. The lowest BCUT2D eigenvalue weighted by Crippen LogP contribution is -2.38. The van der Waals surface area contributed by atoms with Crippen molar-refractivity contribution in [2.45, 2.75) is 32.4 Å². The van der Waals surface area contributed by atoms with E-state index in [2.05, 4.69) is 34.4 Å². The number of unbranched alkanes of at least 4 members (excludes halogenated alkanes) is 1. The molecule has 0 saturated carbocycles. The number of ether oxygens (including phenoxy) is 1. The fraction of sp³-hybridized carbons (Fsp3) is 0.526. The van der Waals surface area contributed by atoms with E-state index in [1.807, 2.05) is 0 Å². The van der Waals surface area contributed by atoms with E-state index in [9.17, 15) is 13.2 Å². The topological polar surface area (TPSA) is 45.6 Å². The number of hydrogen-bond donors (Lipinski definition) is 2. The van der Waals surface area contributed by atoms with Crippen LogP contribution in [-0.2, 0) is 10.9 Å². The van der Waals surface area contributed by atoms with Gasteiger partial charge in [-0.25, -0.2) is 0 Å². The fourth-order valence-electron chi connectivity index (χ4n) is 2.00. The zero-order valence-electron chi connectivity index (χ0n) is 15.2. The van der Waals surface area contributed by atoms with Crippen LogP contribution < -0.4 is 10.6 Å². The van der Waals surface area contributed by atoms with Crippen molar-refractivity contribution in [1.29, 1.82) is 0 Å². The molecule has 0 radical (unpaired) electrons. The van der Waals surface area contributed by atoms with Crippen LogP contribution in [0.5, 0.6) is 0 Å². The lowest BCUT2D eigenvalue weighted by molar-refractivity contribution is -0.137. The SMILES string of the molecule is CCCCOCCCNC(=NC)NCC#Cc1cccc(C(F)(F)F)c1. The number of nitrogens with one attached hydrogen (secondary N) is 2. The molecular formula is C19H26F3N3O. The van der Waals surface area contributed by atoms with Crippen LogP contribution in [0.25, 0.3) is 0 Å². The van der Waals surface area contributed by atoms with Crippen molar-refractivity contribution < 1.29 is 17.9 Å². The van der Waals surface area contributed by atoms with Gasteiger partial charge in [-0.1, -0.05) is 31.3 Å². The van der Waals surface area contributed by atoms with Crippen LogP contribution >= 0.6 is 0 Å². The van der Waals surface area contributed by atoms with Gasteiger partial charge in [-0.15, -0.1) is 0 Å². The van der Waals surface area contributed by atoms with E-state index < -0.39 is 11.7 Å². The van der Waals surface area contributed by atoms with E-state index in [0.29, 0.717) is 24.7 Å². The zero-order chi connectivity index (χ0) is 19.3. The van der Waals surface area contributed by atoms with Crippen LogP contribution in [0.15, 0.2) is 29.3 Å². The zero-order valence-corrected chi connectivity index (χ0v) is 15.2. The lowest BCUT2D eigenvalue weighted by Gasteiger charge is -2.10. The first-order valence-corrected chi connectivity index (χ1v) is 8.65. The number of aliphatic imine (C=N–C) groups is 1. The van der Waals surface area contributed by atoms with Crippen molar-refractivity contribution >= 4 is 5.96 Å². The van der Waals surface area contributed by atoms with E-state index in [0.717, 1.165) is 38.0 Å². The summed E-state index contributed by atoms with van der Waals surface area (Å²) in [5.74, 6) is 6.11. The Balaban J connectivity index is 2.32. The van der Waals surface area contributed by atoms with Gasteiger partial charge in [0, 0.05) is 32.4 Å². The molecule has 0 saturated heterocycles. The third-order valence-corrected chi connectivity index (χ3v) is 3.39. The fourth-order valence-corrected chi connectivity index (χ4v) is 2.00. The third kappa shape index (κ3) is 9.33. The minimum absolute atomic E-state index is 0.281. The Morgan fingerprint density at radius 1 is 1.19 bits per heavy atom. The maximum absolute atomic E-state index is 12.6. The van der Waals surface area contributed by atoms with Crippen LogP contribution in [-0.4, -0.2) is 39.3 Å². The van der Waals surface area contributed by atoms with Crippen molar-refractivity contribution in [2.75, 3.05) is 33.4 Å². The molecule has 4 nitrogen and oxygen atoms in total. The standard InChI is InChI=1S/C19H26F3N3O/c1-3-4-13-26-14-7-12-25-18(23-2)24-11-6-9-16-8-5-10-17(15-16)19(20,21)22/h5,8,10,15H,3-4,7,11-14H2,1-2H3,(H2,23,24,25). The molecule has 0 aromatic heterocycles. The van der Waals surface area contributed by atoms with Gasteiger partial charge in [0.05, 0.1) is 12.1 Å². The molecule has 26 heavy (non-hydrogen) atoms. The molecule has 0 spiro atoms. The number of halogens is 3. The molecule has 1 aromatic rings. The van der Waals surface area contributed by atoms with Gasteiger partial charge in [-0.3, -0.25) is 4.99 Å². The van der Waals surface area contributed by atoms with Gasteiger partial charge >= 0.3 is 6.18 Å². The van der Waals surface area contributed by atoms with E-state index in [1.165, 1.54) is 6.07 Å². The summed E-state index contributed by atoms with van der Waals surface area (Å²) in [6.45, 7) is 4.60. The maximum Gasteiger partial charge on any atom is 0.416 e. The van der Waals surface area contributed by atoms with E-state index in [1.54, 1.807) is 13.1 Å². The van der Waals surface area contributed by atoms with Crippen molar-refractivity contribution in [3.63, 3.8) is 0 Å². The molecule has 144 valence electrons. The van der Waals surface area contributed by atoms with Gasteiger partial charge in [0.1, 0.15) is 0 Å². The molecule has 0 heterocycles. The molecule has 1 aromatic carbocycles. The molecule has 0 amide bonds. The van der Waals surface area contributed by atoms with Gasteiger partial charge in [-0.2, -0.15) is 13.2 Å². The third-order valence-electron chi connectivity index (χ3n) is 3.39. The molecule has 0 atom stereocenters. The Kier molecular flexibility index (Phi) is 10.3. The predicted molar refractivity (Wildman–Crippen MR) is 98.0 cm³/mol. The summed E-state index contributed by atoms with van der Waals surface area (Å²) in [4.78, 5) is 4.06. The van der Waals surface area contributed by atoms with Crippen molar-refractivity contribution in [3.8, 4) is 11.8 Å². The molecule has 0 aliphatic rings. The number of nitrogens with zero attached hydrogens (tertiary/aromatic N) is 1. The van der Waals surface area contributed by atoms with E-state index in [4.69, 9.17) is 4.74 Å². The number of hydrogen-bond acceptors (Lipinski definition) is 2. The number of rotatable bonds is 8. The van der Waals surface area contributed by atoms with Crippen LogP contribution in [0, 0.1) is 11.8 Å². The number of guanidine groups is 1. The summed E-state index contributed by atoms with van der Waals surface area (Å²) in [6.07, 6.45) is -1.31. The Morgan fingerprint density at radius 3 is 2.65 bits per heavy atom. The molecule has 0 bridgehead atoms. The number of alkyl halides is 3. The Labute approximate surface area is 153 Å². The predicted octanol–water partition coefficient (Wildman–Crippen LogP) is 3.43. The highest BCUT2D eigenvalue weighted by molar-refractivity contribution is 5.79. The first kappa shape index (κ1) is 21.8. The Morgan fingerprint density at radius 2 is 1.96 bits per heavy atom. The second kappa shape index (κ2) is 12.2. The monoisotopic (exact) mass is 369 g/mol. The average molecular weight is 369 g/mol. The van der Waals surface area contributed by atoms with Crippen LogP contribution in [0.3, 0.4) is 0 Å². The summed E-state index contributed by atoms with van der Waals surface area (Å²) in [5.41, 5.74) is -0.371. The molecule has 1 rings (SSSR count). The van der Waals surface area contributed by atoms with Gasteiger partial charge in [-0.05, 0) is 31.0 Å². The summed E-state index contributed by atoms with van der Waals surface area (Å²) in [7, 11) is 1.65. The molecular weight excluding hydrogens is 343 g/mol. The molecule has 2 N–H and O–H groups in total. The van der Waals surface area contributed by atoms with Crippen LogP contribution in [0.4, 0.5) is 13.2 Å². The highest BCUT2D eigenvalue weighted by Crippen LogP contribution is 2.29. The summed E-state index contributed by atoms with van der Waals surface area (Å²) in [5, 5.41) is 6.13. The van der Waals surface area contributed by atoms with Crippen molar-refractivity contribution in [3.05, 3.63) is 35.4 Å². The molecule has 7 heteroatoms. The van der Waals surface area contributed by atoms with Crippen molar-refractivity contribution in [1.82, 2.24) is 10.6 Å². The quantitative estimate of drug-likeness (QED) is 0.319. The van der Waals surface area contributed by atoms with Gasteiger partial charge < -0.3 is 15.4 Å². The minimum atomic E-state index is -4.36. The Hall–Kier alpha value is -2.20. The van der Waals surface area contributed by atoms with Gasteiger partial charge in [0.25, 0.3) is 0 Å². The highest BCUT2D eigenvalue weighted by atomic mass is 19.4. The second-order valence-electron chi connectivity index (χ2n) is 5.55. The largest absolute Gasteiger partial charge is 0.416 e. The van der Waals surface area contributed by atoms with Gasteiger partial charge in [0.15, 0.2) is 5.96 Å². The normalized spacial score (nSPS) is 11.7. The minimum Gasteiger partial charge on any atom is -0.381 e. The summed E-state index contributed by atoms with van der Waals surface area (Å²) < 4.78 is 43.4. The van der Waals surface area contributed by atoms with Crippen molar-refractivity contribution in [2.24, 2.45) is 4.99 Å². The Bertz CT molecular complexity index is 618. The van der Waals surface area contributed by atoms with Gasteiger partial charge in [0.2, 0.25) is 0 Å². The second-order valence-corrected chi connectivity index (χ2v) is 5.55. The first-order chi connectivity index (χ1) is 12.5. The molecule has 0 unspecified atom stereocenters. The molecule has 0 fully saturated rings. The van der Waals surface area contributed by atoms with E-state index >= 15 is 0 Å². The maximum atomic E-state index is 12.6. The highest BCUT2D eigenvalue weighted by Gasteiger charge is 2.30. The number of benzene rings is 1. The molecule has 0 aliphatic carbocycles. The lowest BCUT2D eigenvalue weighted by atomic mass is 10.1. The summed E-state index contributed by atoms with van der Waals surface area (Å²) >= 11 is 0. The first-order valence-electron chi connectivity index (χ1n) is 8.65. The van der Waals surface area contributed by atoms with E-state index in [-0.39, 0.29) is 6.54 Å². The molecule has 0 aliphatic heterocycles. The van der Waals surface area contributed by atoms with Crippen LogP contribution in [0.2, 0.25) is 0 Å². The summed E-state index contributed by atoms with van der Waals surface area (Å²) in [6, 6.07) is 4.97. The smallest absolute Gasteiger partial charge is 0.381 e.